The Bertz CT molecular complexity index is 1550. The smallest absolute Gasteiger partial charge is 0.267 e. The Labute approximate surface area is 190 Å². The molecule has 0 spiro atoms. The molecule has 0 amide bonds. The third-order valence-corrected chi connectivity index (χ3v) is 6.01. The first-order chi connectivity index (χ1) is 16.1. The van der Waals surface area contributed by atoms with Gasteiger partial charge in [0.15, 0.2) is 5.65 Å². The molecule has 7 heteroatoms. The van der Waals surface area contributed by atoms with Crippen molar-refractivity contribution >= 4 is 27.6 Å². The van der Waals surface area contributed by atoms with E-state index in [4.69, 9.17) is 9.40 Å². The van der Waals surface area contributed by atoms with Crippen molar-refractivity contribution in [2.24, 2.45) is 7.05 Å². The summed E-state index contributed by atoms with van der Waals surface area (Å²) in [6.07, 6.45) is 1.57. The lowest BCUT2D eigenvalue weighted by molar-refractivity contribution is 0.481. The molecule has 0 aliphatic rings. The van der Waals surface area contributed by atoms with E-state index in [-0.39, 0.29) is 22.9 Å². The van der Waals surface area contributed by atoms with Gasteiger partial charge in [-0.25, -0.2) is 4.98 Å². The summed E-state index contributed by atoms with van der Waals surface area (Å²) in [6.45, 7) is 3.40. The van der Waals surface area contributed by atoms with Gasteiger partial charge in [0.05, 0.1) is 24.9 Å². The lowest BCUT2D eigenvalue weighted by Gasteiger charge is -2.24. The van der Waals surface area contributed by atoms with Crippen LogP contribution in [0.3, 0.4) is 0 Å². The van der Waals surface area contributed by atoms with Crippen LogP contribution in [0, 0.1) is 0 Å². The molecule has 3 aromatic heterocycles. The molecule has 0 saturated heterocycles. The van der Waals surface area contributed by atoms with Gasteiger partial charge in [0.25, 0.3) is 5.56 Å². The predicted octanol–water partition coefficient (Wildman–Crippen LogP) is 3.92. The molecule has 0 fully saturated rings. The Morgan fingerprint density at radius 3 is 2.45 bits per heavy atom. The molecule has 7 nitrogen and oxygen atoms in total. The fourth-order valence-corrected chi connectivity index (χ4v) is 4.27. The van der Waals surface area contributed by atoms with Crippen LogP contribution in [-0.4, -0.2) is 20.7 Å². The number of aromatic nitrogens is 3. The third-order valence-electron chi connectivity index (χ3n) is 6.01. The van der Waals surface area contributed by atoms with E-state index in [1.54, 1.807) is 29.0 Å². The van der Waals surface area contributed by atoms with Gasteiger partial charge in [-0.15, -0.1) is 0 Å². The topological polar surface area (TPSA) is 73.3 Å². The Hall–Kier alpha value is -4.13. The highest BCUT2D eigenvalue weighted by molar-refractivity contribution is 5.91. The Morgan fingerprint density at radius 1 is 0.970 bits per heavy atom. The van der Waals surface area contributed by atoms with E-state index >= 15 is 0 Å². The summed E-state index contributed by atoms with van der Waals surface area (Å²) in [5.74, 6) is 1.19. The molecule has 0 N–H and O–H groups in total. The largest absolute Gasteiger partial charge is 0.467 e. The molecule has 5 aromatic rings. The average molecular weight is 441 g/mol. The molecule has 0 aliphatic carbocycles. The van der Waals surface area contributed by atoms with Crippen LogP contribution in [0.15, 0.2) is 87.0 Å². The van der Waals surface area contributed by atoms with Gasteiger partial charge in [0, 0.05) is 24.7 Å². The number of pyridine rings is 1. The molecule has 5 rings (SSSR count). The van der Waals surface area contributed by atoms with Crippen molar-refractivity contribution in [1.29, 1.82) is 0 Å². The Balaban J connectivity index is 1.77. The Morgan fingerprint density at radius 2 is 1.73 bits per heavy atom. The summed E-state index contributed by atoms with van der Waals surface area (Å²) in [4.78, 5) is 34.1. The minimum Gasteiger partial charge on any atom is -0.467 e. The van der Waals surface area contributed by atoms with Crippen molar-refractivity contribution in [3.63, 3.8) is 0 Å². The fourth-order valence-electron chi connectivity index (χ4n) is 4.27. The maximum Gasteiger partial charge on any atom is 0.267 e. The highest BCUT2D eigenvalue weighted by atomic mass is 16.3. The minimum absolute atomic E-state index is 0.0919. The van der Waals surface area contributed by atoms with E-state index in [2.05, 4.69) is 11.8 Å². The molecule has 0 atom stereocenters. The van der Waals surface area contributed by atoms with Crippen molar-refractivity contribution in [2.75, 3.05) is 11.4 Å². The number of para-hydroxylation sites is 2. The minimum atomic E-state index is -0.359. The molecule has 3 heterocycles. The molecule has 166 valence electrons. The van der Waals surface area contributed by atoms with Gasteiger partial charge in [0.1, 0.15) is 17.0 Å². The van der Waals surface area contributed by atoms with Gasteiger partial charge in [-0.05, 0) is 43.3 Å². The van der Waals surface area contributed by atoms with Crippen molar-refractivity contribution in [3.05, 3.63) is 105 Å². The van der Waals surface area contributed by atoms with Crippen LogP contribution in [0.2, 0.25) is 0 Å². The second kappa shape index (κ2) is 8.43. The maximum absolute atomic E-state index is 13.7. The van der Waals surface area contributed by atoms with Crippen molar-refractivity contribution in [1.82, 2.24) is 14.1 Å². The van der Waals surface area contributed by atoms with Gasteiger partial charge in [-0.3, -0.25) is 14.2 Å². The zero-order valence-corrected chi connectivity index (χ0v) is 18.6. The lowest BCUT2D eigenvalue weighted by Crippen LogP contribution is -2.34. The van der Waals surface area contributed by atoms with E-state index in [0.29, 0.717) is 29.2 Å². The summed E-state index contributed by atoms with van der Waals surface area (Å²) in [6, 6.07) is 20.9. The van der Waals surface area contributed by atoms with Gasteiger partial charge < -0.3 is 13.9 Å². The van der Waals surface area contributed by atoms with Crippen LogP contribution in [-0.2, 0) is 20.1 Å². The quantitative estimate of drug-likeness (QED) is 0.374. The van der Waals surface area contributed by atoms with Crippen molar-refractivity contribution in [3.8, 4) is 0 Å². The number of nitrogens with zero attached hydrogens (tertiary/aromatic N) is 4. The highest BCUT2D eigenvalue weighted by Crippen LogP contribution is 2.19. The van der Waals surface area contributed by atoms with E-state index < -0.39 is 0 Å². The number of anilines is 1. The van der Waals surface area contributed by atoms with Crippen LogP contribution in [0.4, 0.5) is 5.69 Å². The maximum atomic E-state index is 13.7. The van der Waals surface area contributed by atoms with Crippen LogP contribution in [0.25, 0.3) is 21.9 Å². The third kappa shape index (κ3) is 3.61. The molecular formula is C26H24N4O3. The monoisotopic (exact) mass is 440 g/mol. The summed E-state index contributed by atoms with van der Waals surface area (Å²) in [5.41, 5.74) is 1.50. The number of fused-ring (bicyclic) bond motifs is 2. The van der Waals surface area contributed by atoms with Crippen molar-refractivity contribution < 1.29 is 4.42 Å². The van der Waals surface area contributed by atoms with Crippen LogP contribution >= 0.6 is 0 Å². The molecule has 0 bridgehead atoms. The van der Waals surface area contributed by atoms with E-state index in [1.165, 1.54) is 0 Å². The van der Waals surface area contributed by atoms with Gasteiger partial charge in [0.2, 0.25) is 5.43 Å². The number of aryl methyl sites for hydroxylation is 1. The summed E-state index contributed by atoms with van der Waals surface area (Å²) < 4.78 is 8.90. The van der Waals surface area contributed by atoms with E-state index in [0.717, 1.165) is 17.7 Å². The number of benzene rings is 2. The van der Waals surface area contributed by atoms with Crippen molar-refractivity contribution in [2.45, 2.75) is 20.0 Å². The second-order valence-electron chi connectivity index (χ2n) is 7.95. The normalized spacial score (nSPS) is 11.3. The van der Waals surface area contributed by atoms with Gasteiger partial charge in [-0.2, -0.15) is 0 Å². The summed E-state index contributed by atoms with van der Waals surface area (Å²) in [5, 5.41) is 0.595. The predicted molar refractivity (Wildman–Crippen MR) is 130 cm³/mol. The lowest BCUT2D eigenvalue weighted by atomic mass is 10.1. The van der Waals surface area contributed by atoms with E-state index in [1.807, 2.05) is 60.1 Å². The number of hydrogen-bond donors (Lipinski definition) is 0. The summed E-state index contributed by atoms with van der Waals surface area (Å²) >= 11 is 0. The van der Waals surface area contributed by atoms with E-state index in [9.17, 15) is 9.59 Å². The number of furan rings is 1. The molecule has 0 saturated carbocycles. The first-order valence-corrected chi connectivity index (χ1v) is 10.9. The first kappa shape index (κ1) is 20.8. The summed E-state index contributed by atoms with van der Waals surface area (Å²) in [7, 11) is 1.84. The van der Waals surface area contributed by atoms with Gasteiger partial charge in [-0.1, -0.05) is 30.3 Å². The van der Waals surface area contributed by atoms with Crippen LogP contribution < -0.4 is 15.9 Å². The van der Waals surface area contributed by atoms with Gasteiger partial charge >= 0.3 is 0 Å². The molecule has 2 aromatic carbocycles. The zero-order valence-electron chi connectivity index (χ0n) is 18.6. The molecule has 0 aliphatic heterocycles. The SMILES string of the molecule is CCN(Cc1nc2c(c(=O)c3ccccc3n2C)c(=O)n1Cc1ccco1)c1ccccc1. The molecule has 33 heavy (non-hydrogen) atoms. The number of hydrogen-bond acceptors (Lipinski definition) is 5. The average Bonchev–Trinajstić information content (AvgIpc) is 3.36. The molecular weight excluding hydrogens is 416 g/mol. The Kier molecular flexibility index (Phi) is 5.30. The highest BCUT2D eigenvalue weighted by Gasteiger charge is 2.20. The first-order valence-electron chi connectivity index (χ1n) is 10.9. The molecule has 0 unspecified atom stereocenters. The number of rotatable bonds is 6. The fraction of sp³-hybridized carbons (Fsp3) is 0.192. The second-order valence-corrected chi connectivity index (χ2v) is 7.95. The zero-order chi connectivity index (χ0) is 22.9. The standard InChI is InChI=1S/C26H24N4O3/c1-3-29(18-10-5-4-6-11-18)17-22-27-25-23(26(32)30(22)16-19-12-9-15-33-19)24(31)20-13-7-8-14-21(20)28(25)2/h4-15H,3,16-17H2,1-2H3. The molecule has 0 radical (unpaired) electrons. The van der Waals surface area contributed by atoms with Crippen LogP contribution in [0.5, 0.6) is 0 Å². The van der Waals surface area contributed by atoms with Crippen LogP contribution in [0.1, 0.15) is 18.5 Å².